The molecule has 0 fully saturated rings. The molecule has 0 saturated heterocycles. The predicted molar refractivity (Wildman–Crippen MR) is 46.5 cm³/mol. The Morgan fingerprint density at radius 2 is 2.31 bits per heavy atom. The Hall–Kier alpha value is -0.660. The molecule has 0 aromatic carbocycles. The highest BCUT2D eigenvalue weighted by molar-refractivity contribution is 8.15. The third-order valence-corrected chi connectivity index (χ3v) is 4.07. The number of carbonyl (C=O) groups excluding carboxylic acids is 1. The van der Waals surface area contributed by atoms with Gasteiger partial charge in [0, 0.05) is 10.7 Å². The molecule has 0 bridgehead atoms. The number of ether oxygens (including phenoxy) is 1. The largest absolute Gasteiger partial charge is 0.464 e. The molecule has 0 amide bonds. The van der Waals surface area contributed by atoms with Crippen LogP contribution in [0.3, 0.4) is 0 Å². The van der Waals surface area contributed by atoms with Gasteiger partial charge in [0.1, 0.15) is 0 Å². The van der Waals surface area contributed by atoms with Crippen LogP contribution >= 0.6 is 22.0 Å². The lowest BCUT2D eigenvalue weighted by Gasteiger charge is -1.95. The van der Waals surface area contributed by atoms with Gasteiger partial charge in [0.05, 0.1) is 12.6 Å². The average Bonchev–Trinajstić information content (AvgIpc) is 2.49. The smallest absolute Gasteiger partial charge is 0.358 e. The fourth-order valence-electron chi connectivity index (χ4n) is 0.641. The lowest BCUT2D eigenvalue weighted by Crippen LogP contribution is -2.05. The molecule has 1 aromatic rings. The molecule has 0 radical (unpaired) electrons. The van der Waals surface area contributed by atoms with Crippen molar-refractivity contribution in [3.8, 4) is 0 Å². The monoisotopic (exact) mass is 241 g/mol. The van der Waals surface area contributed by atoms with Crippen LogP contribution in [0, 0.1) is 0 Å². The second kappa shape index (κ2) is 3.60. The molecule has 0 spiro atoms. The van der Waals surface area contributed by atoms with E-state index in [2.05, 4.69) is 9.72 Å². The first-order valence-corrected chi connectivity index (χ1v) is 6.12. The fourth-order valence-corrected chi connectivity index (χ4v) is 2.65. The summed E-state index contributed by atoms with van der Waals surface area (Å²) in [4.78, 5) is 14.5. The number of carbonyl (C=O) groups is 1. The van der Waals surface area contributed by atoms with E-state index >= 15 is 0 Å². The van der Waals surface area contributed by atoms with Crippen LogP contribution < -0.4 is 0 Å². The van der Waals surface area contributed by atoms with Crippen molar-refractivity contribution in [2.45, 2.75) is 4.21 Å². The van der Waals surface area contributed by atoms with Crippen molar-refractivity contribution in [1.82, 2.24) is 4.98 Å². The summed E-state index contributed by atoms with van der Waals surface area (Å²) in [5.74, 6) is -0.819. The zero-order valence-corrected chi connectivity index (χ0v) is 8.74. The van der Waals surface area contributed by atoms with Gasteiger partial charge >= 0.3 is 5.97 Å². The van der Waals surface area contributed by atoms with Crippen molar-refractivity contribution in [2.75, 3.05) is 7.11 Å². The SMILES string of the molecule is COC(=O)c1ncsc1S(=O)(=O)Cl. The Bertz CT molecular complexity index is 423. The molecule has 0 atom stereocenters. The Labute approximate surface area is 82.7 Å². The van der Waals surface area contributed by atoms with Crippen LogP contribution in [0.2, 0.25) is 0 Å². The van der Waals surface area contributed by atoms with Crippen LogP contribution in [0.1, 0.15) is 10.5 Å². The summed E-state index contributed by atoms with van der Waals surface area (Å²) in [7, 11) is 2.25. The predicted octanol–water partition coefficient (Wildman–Crippen LogP) is 0.857. The first-order chi connectivity index (χ1) is 5.96. The summed E-state index contributed by atoms with van der Waals surface area (Å²) >= 11 is 0.768. The first-order valence-electron chi connectivity index (χ1n) is 2.93. The van der Waals surface area contributed by atoms with Gasteiger partial charge in [-0.2, -0.15) is 0 Å². The number of nitrogens with zero attached hydrogens (tertiary/aromatic N) is 1. The second-order valence-electron chi connectivity index (χ2n) is 1.92. The number of methoxy groups -OCH3 is 1. The van der Waals surface area contributed by atoms with E-state index in [0.29, 0.717) is 0 Å². The molecule has 0 aliphatic heterocycles. The van der Waals surface area contributed by atoms with E-state index in [1.54, 1.807) is 0 Å². The van der Waals surface area contributed by atoms with E-state index in [0.717, 1.165) is 18.4 Å². The molecule has 5 nitrogen and oxygen atoms in total. The standard InChI is InChI=1S/C5H4ClNO4S2/c1-11-4(8)3-5(12-2-7-3)13(6,9)10/h2H,1H3. The minimum Gasteiger partial charge on any atom is -0.464 e. The van der Waals surface area contributed by atoms with Crippen LogP contribution in [0.4, 0.5) is 0 Å². The van der Waals surface area contributed by atoms with Gasteiger partial charge in [-0.1, -0.05) is 0 Å². The highest BCUT2D eigenvalue weighted by atomic mass is 35.7. The highest BCUT2D eigenvalue weighted by Crippen LogP contribution is 2.24. The molecule has 1 heterocycles. The van der Waals surface area contributed by atoms with Crippen LogP contribution in [-0.4, -0.2) is 26.5 Å². The quantitative estimate of drug-likeness (QED) is 0.567. The van der Waals surface area contributed by atoms with E-state index in [4.69, 9.17) is 10.7 Å². The van der Waals surface area contributed by atoms with Gasteiger partial charge in [-0.3, -0.25) is 0 Å². The molecule has 0 aliphatic carbocycles. The van der Waals surface area contributed by atoms with Crippen LogP contribution in [0.5, 0.6) is 0 Å². The Morgan fingerprint density at radius 3 is 2.77 bits per heavy atom. The van der Waals surface area contributed by atoms with E-state index < -0.39 is 15.0 Å². The fraction of sp³-hybridized carbons (Fsp3) is 0.200. The molecule has 0 saturated carbocycles. The number of thiazole rings is 1. The number of hydrogen-bond acceptors (Lipinski definition) is 6. The Morgan fingerprint density at radius 1 is 1.69 bits per heavy atom. The highest BCUT2D eigenvalue weighted by Gasteiger charge is 2.24. The number of aromatic nitrogens is 1. The molecule has 1 rings (SSSR count). The van der Waals surface area contributed by atoms with E-state index in [-0.39, 0.29) is 9.90 Å². The van der Waals surface area contributed by atoms with Crippen LogP contribution in [-0.2, 0) is 13.8 Å². The van der Waals surface area contributed by atoms with E-state index in [9.17, 15) is 13.2 Å². The molecule has 0 N–H and O–H groups in total. The van der Waals surface area contributed by atoms with Crippen molar-refractivity contribution in [3.05, 3.63) is 11.2 Å². The maximum Gasteiger partial charge on any atom is 0.358 e. The summed E-state index contributed by atoms with van der Waals surface area (Å²) in [6.45, 7) is 0. The Balaban J connectivity index is 3.26. The van der Waals surface area contributed by atoms with Crippen molar-refractivity contribution in [3.63, 3.8) is 0 Å². The molecule has 1 aromatic heterocycles. The van der Waals surface area contributed by atoms with Crippen LogP contribution in [0.25, 0.3) is 0 Å². The number of hydrogen-bond donors (Lipinski definition) is 0. The van der Waals surface area contributed by atoms with Gasteiger partial charge in [-0.05, 0) is 0 Å². The zero-order chi connectivity index (χ0) is 10.1. The maximum absolute atomic E-state index is 10.9. The number of esters is 1. The number of halogens is 1. The lowest BCUT2D eigenvalue weighted by molar-refractivity contribution is 0.0591. The molecule has 13 heavy (non-hydrogen) atoms. The van der Waals surface area contributed by atoms with E-state index in [1.807, 2.05) is 0 Å². The summed E-state index contributed by atoms with van der Waals surface area (Å²) < 4.78 is 25.7. The molecule has 0 aliphatic rings. The summed E-state index contributed by atoms with van der Waals surface area (Å²) in [6.07, 6.45) is 0. The van der Waals surface area contributed by atoms with Crippen molar-refractivity contribution in [2.24, 2.45) is 0 Å². The van der Waals surface area contributed by atoms with Crippen molar-refractivity contribution in [1.29, 1.82) is 0 Å². The van der Waals surface area contributed by atoms with Gasteiger partial charge in [0.25, 0.3) is 9.05 Å². The number of rotatable bonds is 2. The second-order valence-corrected chi connectivity index (χ2v) is 5.53. The van der Waals surface area contributed by atoms with Gasteiger partial charge < -0.3 is 4.74 Å². The lowest BCUT2D eigenvalue weighted by atomic mass is 10.5. The van der Waals surface area contributed by atoms with Gasteiger partial charge in [-0.25, -0.2) is 18.2 Å². The Kier molecular flexibility index (Phi) is 2.89. The van der Waals surface area contributed by atoms with Gasteiger partial charge in [-0.15, -0.1) is 11.3 Å². The van der Waals surface area contributed by atoms with Gasteiger partial charge in [0.2, 0.25) is 0 Å². The topological polar surface area (TPSA) is 73.3 Å². The molecular weight excluding hydrogens is 238 g/mol. The first kappa shape index (κ1) is 10.4. The van der Waals surface area contributed by atoms with Crippen LogP contribution in [0.15, 0.2) is 9.72 Å². The van der Waals surface area contributed by atoms with Crippen molar-refractivity contribution < 1.29 is 17.9 Å². The molecule has 8 heteroatoms. The minimum absolute atomic E-state index is 0.275. The molecule has 0 unspecified atom stereocenters. The summed E-state index contributed by atoms with van der Waals surface area (Å²) in [5.41, 5.74) is 0.934. The maximum atomic E-state index is 10.9. The van der Waals surface area contributed by atoms with Gasteiger partial charge in [0.15, 0.2) is 9.90 Å². The summed E-state index contributed by atoms with van der Waals surface area (Å²) in [5, 5.41) is 0. The average molecular weight is 242 g/mol. The third kappa shape index (κ3) is 2.17. The summed E-state index contributed by atoms with van der Waals surface area (Å²) in [6, 6.07) is 0. The third-order valence-electron chi connectivity index (χ3n) is 1.14. The molecular formula is C5H4ClNO4S2. The minimum atomic E-state index is -3.92. The normalized spacial score (nSPS) is 11.2. The zero-order valence-electron chi connectivity index (χ0n) is 6.35. The van der Waals surface area contributed by atoms with Crippen molar-refractivity contribution >= 4 is 37.0 Å². The van der Waals surface area contributed by atoms with E-state index in [1.165, 1.54) is 5.51 Å². The molecule has 72 valence electrons.